The first-order valence-electron chi connectivity index (χ1n) is 12.2. The molecule has 1 fully saturated rings. The first kappa shape index (κ1) is 24.3. The summed E-state index contributed by atoms with van der Waals surface area (Å²) in [4.78, 5) is 25.5. The number of benzene rings is 3. The molecule has 1 aliphatic carbocycles. The fourth-order valence-electron chi connectivity index (χ4n) is 4.92. The SMILES string of the molecule is CC1(C)OB(c2ccc(C[C@H](NC(=O)C3c4ccccc4-c4ccccc43)C(=O)O)cc2)OC1(C)C. The van der Waals surface area contributed by atoms with E-state index in [2.05, 4.69) is 5.32 Å². The van der Waals surface area contributed by atoms with Crippen molar-refractivity contribution in [2.24, 2.45) is 0 Å². The molecule has 184 valence electrons. The third kappa shape index (κ3) is 4.23. The van der Waals surface area contributed by atoms with Crippen molar-refractivity contribution in [3.63, 3.8) is 0 Å². The zero-order valence-electron chi connectivity index (χ0n) is 20.9. The van der Waals surface area contributed by atoms with Crippen molar-refractivity contribution in [1.82, 2.24) is 5.32 Å². The van der Waals surface area contributed by atoms with Crippen LogP contribution >= 0.6 is 0 Å². The van der Waals surface area contributed by atoms with Gasteiger partial charge in [-0.2, -0.15) is 0 Å². The zero-order valence-corrected chi connectivity index (χ0v) is 20.9. The average molecular weight is 483 g/mol. The predicted octanol–water partition coefficient (Wildman–Crippen LogP) is 3.91. The quantitative estimate of drug-likeness (QED) is 0.520. The molecule has 0 spiro atoms. The lowest BCUT2D eigenvalue weighted by Gasteiger charge is -2.32. The highest BCUT2D eigenvalue weighted by molar-refractivity contribution is 6.62. The molecule has 1 aliphatic heterocycles. The number of aliphatic carboxylic acids is 1. The van der Waals surface area contributed by atoms with Crippen LogP contribution in [0.15, 0.2) is 72.8 Å². The highest BCUT2D eigenvalue weighted by atomic mass is 16.7. The maximum absolute atomic E-state index is 13.4. The molecule has 0 unspecified atom stereocenters. The molecule has 3 aromatic carbocycles. The lowest BCUT2D eigenvalue weighted by Crippen LogP contribution is -2.44. The lowest BCUT2D eigenvalue weighted by molar-refractivity contribution is -0.141. The minimum absolute atomic E-state index is 0.167. The monoisotopic (exact) mass is 483 g/mol. The van der Waals surface area contributed by atoms with Crippen molar-refractivity contribution in [2.45, 2.75) is 57.3 Å². The molecule has 5 rings (SSSR count). The van der Waals surface area contributed by atoms with E-state index in [-0.39, 0.29) is 12.3 Å². The van der Waals surface area contributed by atoms with Gasteiger partial charge < -0.3 is 19.7 Å². The van der Waals surface area contributed by atoms with E-state index in [1.165, 1.54) is 0 Å². The summed E-state index contributed by atoms with van der Waals surface area (Å²) >= 11 is 0. The number of hydrogen-bond donors (Lipinski definition) is 2. The second-order valence-corrected chi connectivity index (χ2v) is 10.5. The molecule has 0 radical (unpaired) electrons. The van der Waals surface area contributed by atoms with Gasteiger partial charge >= 0.3 is 13.1 Å². The van der Waals surface area contributed by atoms with Gasteiger partial charge in [-0.1, -0.05) is 72.8 Å². The summed E-state index contributed by atoms with van der Waals surface area (Å²) in [5.41, 5.74) is 4.61. The van der Waals surface area contributed by atoms with Crippen molar-refractivity contribution in [2.75, 3.05) is 0 Å². The van der Waals surface area contributed by atoms with Gasteiger partial charge in [-0.05, 0) is 61.0 Å². The van der Waals surface area contributed by atoms with E-state index in [9.17, 15) is 14.7 Å². The fraction of sp³-hybridized carbons (Fsp3) is 0.310. The Kier molecular flexibility index (Phi) is 6.01. The number of carbonyl (C=O) groups excluding carboxylic acids is 1. The molecule has 2 aliphatic rings. The second-order valence-electron chi connectivity index (χ2n) is 10.5. The van der Waals surface area contributed by atoms with E-state index >= 15 is 0 Å². The number of carboxylic acids is 1. The molecule has 7 heteroatoms. The standard InChI is InChI=1S/C29H30BNO5/c1-28(2)29(3,4)36-30(35-28)19-15-13-18(14-16-19)17-24(27(33)34)31-26(32)25-22-11-7-5-9-20(22)21-10-6-8-12-23(21)25/h5-16,24-25H,17H2,1-4H3,(H,31,32)(H,33,34)/t24-/m0/s1. The van der Waals surface area contributed by atoms with Crippen LogP contribution in [0.25, 0.3) is 11.1 Å². The van der Waals surface area contributed by atoms with Gasteiger partial charge in [0.2, 0.25) is 5.91 Å². The molecule has 3 aromatic rings. The first-order chi connectivity index (χ1) is 17.1. The number of hydrogen-bond acceptors (Lipinski definition) is 4. The first-order valence-corrected chi connectivity index (χ1v) is 12.2. The summed E-state index contributed by atoms with van der Waals surface area (Å²) in [7, 11) is -0.485. The van der Waals surface area contributed by atoms with Gasteiger partial charge in [0.25, 0.3) is 0 Å². The maximum Gasteiger partial charge on any atom is 0.494 e. The minimum Gasteiger partial charge on any atom is -0.480 e. The van der Waals surface area contributed by atoms with Crippen LogP contribution < -0.4 is 10.8 Å². The minimum atomic E-state index is -1.07. The fourth-order valence-corrected chi connectivity index (χ4v) is 4.92. The van der Waals surface area contributed by atoms with E-state index in [4.69, 9.17) is 9.31 Å². The smallest absolute Gasteiger partial charge is 0.480 e. The van der Waals surface area contributed by atoms with Crippen molar-refractivity contribution >= 4 is 24.5 Å². The summed E-state index contributed by atoms with van der Waals surface area (Å²) in [6, 6.07) is 22.0. The van der Waals surface area contributed by atoms with Crippen molar-refractivity contribution in [3.05, 3.63) is 89.5 Å². The predicted molar refractivity (Wildman–Crippen MR) is 139 cm³/mol. The highest BCUT2D eigenvalue weighted by Crippen LogP contribution is 2.44. The molecule has 1 atom stereocenters. The van der Waals surface area contributed by atoms with Crippen LogP contribution in [0.1, 0.15) is 50.3 Å². The third-order valence-corrected chi connectivity index (χ3v) is 7.66. The Morgan fingerprint density at radius 1 is 0.861 bits per heavy atom. The summed E-state index contributed by atoms with van der Waals surface area (Å²) in [5, 5.41) is 12.7. The van der Waals surface area contributed by atoms with Gasteiger partial charge in [0.05, 0.1) is 17.1 Å². The van der Waals surface area contributed by atoms with Gasteiger partial charge in [-0.25, -0.2) is 4.79 Å². The van der Waals surface area contributed by atoms with Crippen LogP contribution in [0.2, 0.25) is 0 Å². The van der Waals surface area contributed by atoms with E-state index in [0.29, 0.717) is 0 Å². The summed E-state index contributed by atoms with van der Waals surface area (Å²) in [6.07, 6.45) is 0.167. The number of amides is 1. The van der Waals surface area contributed by atoms with Gasteiger partial charge in [0.1, 0.15) is 6.04 Å². The highest BCUT2D eigenvalue weighted by Gasteiger charge is 2.51. The van der Waals surface area contributed by atoms with Gasteiger partial charge in [-0.15, -0.1) is 0 Å². The Morgan fingerprint density at radius 3 is 1.86 bits per heavy atom. The topological polar surface area (TPSA) is 84.9 Å². The molecule has 6 nitrogen and oxygen atoms in total. The summed E-state index contributed by atoms with van der Waals surface area (Å²) in [5.74, 6) is -1.92. The molecule has 1 amide bonds. The molecule has 1 heterocycles. The number of rotatable bonds is 6. The van der Waals surface area contributed by atoms with Crippen molar-refractivity contribution < 1.29 is 24.0 Å². The van der Waals surface area contributed by atoms with Crippen LogP contribution in [-0.2, 0) is 25.3 Å². The molecule has 0 bridgehead atoms. The van der Waals surface area contributed by atoms with Crippen molar-refractivity contribution in [1.29, 1.82) is 0 Å². The van der Waals surface area contributed by atoms with Crippen LogP contribution in [0.3, 0.4) is 0 Å². The number of carbonyl (C=O) groups is 2. The van der Waals surface area contributed by atoms with Crippen LogP contribution in [0, 0.1) is 0 Å². The van der Waals surface area contributed by atoms with Gasteiger partial charge in [0.15, 0.2) is 0 Å². The molecular formula is C29H30BNO5. The molecule has 36 heavy (non-hydrogen) atoms. The van der Waals surface area contributed by atoms with Crippen LogP contribution in [-0.4, -0.2) is 41.3 Å². The summed E-state index contributed by atoms with van der Waals surface area (Å²) < 4.78 is 12.2. The summed E-state index contributed by atoms with van der Waals surface area (Å²) in [6.45, 7) is 8.01. The van der Waals surface area contributed by atoms with E-state index < -0.39 is 36.2 Å². The van der Waals surface area contributed by atoms with Gasteiger partial charge in [0, 0.05) is 6.42 Å². The van der Waals surface area contributed by atoms with Crippen molar-refractivity contribution in [3.8, 4) is 11.1 Å². The zero-order chi connectivity index (χ0) is 25.7. The molecule has 0 saturated carbocycles. The normalized spacial score (nSPS) is 18.4. The number of carboxylic acid groups (broad SMARTS) is 1. The Hall–Kier alpha value is -3.42. The molecule has 0 aromatic heterocycles. The largest absolute Gasteiger partial charge is 0.494 e. The average Bonchev–Trinajstić information content (AvgIpc) is 3.29. The Morgan fingerprint density at radius 2 is 1.36 bits per heavy atom. The number of nitrogens with one attached hydrogen (secondary N) is 1. The Bertz CT molecular complexity index is 1260. The van der Waals surface area contributed by atoms with Gasteiger partial charge in [-0.3, -0.25) is 4.79 Å². The second kappa shape index (κ2) is 8.91. The lowest BCUT2D eigenvalue weighted by atomic mass is 9.78. The van der Waals surface area contributed by atoms with E-state index in [1.807, 2.05) is 100 Å². The van der Waals surface area contributed by atoms with E-state index in [0.717, 1.165) is 33.3 Å². The maximum atomic E-state index is 13.4. The van der Waals surface area contributed by atoms with Crippen LogP contribution in [0.4, 0.5) is 0 Å². The number of fused-ring (bicyclic) bond motifs is 3. The third-order valence-electron chi connectivity index (χ3n) is 7.66. The molecule has 2 N–H and O–H groups in total. The Balaban J connectivity index is 1.32. The van der Waals surface area contributed by atoms with Crippen LogP contribution in [0.5, 0.6) is 0 Å². The molecule has 1 saturated heterocycles. The Labute approximate surface area is 211 Å². The molecular weight excluding hydrogens is 453 g/mol. The van der Waals surface area contributed by atoms with E-state index in [1.54, 1.807) is 0 Å².